The molecule has 1 atom stereocenters. The van der Waals surface area contributed by atoms with Crippen LogP contribution >= 0.6 is 11.3 Å². The number of aliphatic hydroxyl groups is 1. The molecule has 1 aliphatic rings. The molecule has 3 aromatic rings. The summed E-state index contributed by atoms with van der Waals surface area (Å²) in [6.07, 6.45) is 2.43. The van der Waals surface area contributed by atoms with Crippen molar-refractivity contribution in [2.45, 2.75) is 12.5 Å². The van der Waals surface area contributed by atoms with Gasteiger partial charge in [-0.15, -0.1) is 11.3 Å². The number of rotatable bonds is 6. The molecule has 0 saturated carbocycles. The van der Waals surface area contributed by atoms with E-state index in [1.807, 2.05) is 60.8 Å². The third-order valence-corrected chi connectivity index (χ3v) is 6.13. The number of fused-ring (bicyclic) bond motifs is 1. The molecule has 0 aliphatic carbocycles. The van der Waals surface area contributed by atoms with Gasteiger partial charge in [-0.25, -0.2) is 0 Å². The van der Waals surface area contributed by atoms with Gasteiger partial charge < -0.3 is 19.9 Å². The Balaban J connectivity index is 1.81. The average molecular weight is 410 g/mol. The molecular weight excluding hydrogens is 386 g/mol. The molecular formula is C22H23N3O3S. The van der Waals surface area contributed by atoms with E-state index in [1.165, 1.54) is 11.3 Å². The summed E-state index contributed by atoms with van der Waals surface area (Å²) in [4.78, 5) is 33.4. The highest BCUT2D eigenvalue weighted by atomic mass is 32.1. The van der Waals surface area contributed by atoms with Crippen LogP contribution in [0, 0.1) is 0 Å². The number of benzene rings is 1. The Bertz CT molecular complexity index is 1080. The predicted octanol–water partition coefficient (Wildman–Crippen LogP) is 3.60. The van der Waals surface area contributed by atoms with Gasteiger partial charge in [-0.3, -0.25) is 9.59 Å². The highest BCUT2D eigenvalue weighted by Gasteiger charge is 2.46. The van der Waals surface area contributed by atoms with Crippen LogP contribution in [-0.2, 0) is 9.59 Å². The summed E-state index contributed by atoms with van der Waals surface area (Å²) >= 11 is 1.48. The number of likely N-dealkylation sites (tertiary alicyclic amines) is 1. The van der Waals surface area contributed by atoms with Gasteiger partial charge in [0.2, 0.25) is 0 Å². The fourth-order valence-electron chi connectivity index (χ4n) is 3.82. The van der Waals surface area contributed by atoms with Crippen molar-refractivity contribution in [2.75, 3.05) is 27.2 Å². The molecule has 1 aliphatic heterocycles. The van der Waals surface area contributed by atoms with Gasteiger partial charge in [0.25, 0.3) is 11.7 Å². The lowest BCUT2D eigenvalue weighted by molar-refractivity contribution is -0.139. The van der Waals surface area contributed by atoms with Crippen molar-refractivity contribution in [2.24, 2.45) is 0 Å². The second-order valence-corrected chi connectivity index (χ2v) is 8.39. The number of carbonyl (C=O) groups is 2. The number of nitrogens with one attached hydrogen (secondary N) is 1. The number of thiophene rings is 1. The second-order valence-electron chi connectivity index (χ2n) is 7.41. The number of Topliss-reactive ketones (excluding diaryl/α,β-unsaturated/α-hetero) is 1. The summed E-state index contributed by atoms with van der Waals surface area (Å²) in [5.74, 6) is -1.31. The van der Waals surface area contributed by atoms with E-state index in [4.69, 9.17) is 0 Å². The summed E-state index contributed by atoms with van der Waals surface area (Å²) in [5, 5.41) is 13.9. The van der Waals surface area contributed by atoms with Crippen molar-refractivity contribution in [1.29, 1.82) is 0 Å². The van der Waals surface area contributed by atoms with Crippen LogP contribution in [0.3, 0.4) is 0 Å². The van der Waals surface area contributed by atoms with Crippen LogP contribution in [0.25, 0.3) is 16.7 Å². The first-order valence-corrected chi connectivity index (χ1v) is 10.4. The number of aromatic nitrogens is 1. The van der Waals surface area contributed by atoms with E-state index in [1.54, 1.807) is 11.1 Å². The molecule has 29 heavy (non-hydrogen) atoms. The maximum absolute atomic E-state index is 13.0. The van der Waals surface area contributed by atoms with Crippen molar-refractivity contribution in [1.82, 2.24) is 14.8 Å². The van der Waals surface area contributed by atoms with Gasteiger partial charge in [-0.05, 0) is 44.6 Å². The first-order valence-electron chi connectivity index (χ1n) is 9.52. The maximum Gasteiger partial charge on any atom is 0.295 e. The Kier molecular flexibility index (Phi) is 5.25. The van der Waals surface area contributed by atoms with Crippen molar-refractivity contribution >= 4 is 39.7 Å². The number of aliphatic hydroxyl groups excluding tert-OH is 1. The molecule has 1 fully saturated rings. The normalized spacial score (nSPS) is 19.0. The van der Waals surface area contributed by atoms with E-state index in [9.17, 15) is 14.7 Å². The molecule has 0 unspecified atom stereocenters. The Morgan fingerprint density at radius 1 is 1.21 bits per heavy atom. The zero-order chi connectivity index (χ0) is 20.5. The van der Waals surface area contributed by atoms with Gasteiger partial charge >= 0.3 is 0 Å². The summed E-state index contributed by atoms with van der Waals surface area (Å²) < 4.78 is 0. The van der Waals surface area contributed by atoms with E-state index < -0.39 is 17.7 Å². The molecule has 2 N–H and O–H groups in total. The summed E-state index contributed by atoms with van der Waals surface area (Å²) in [5.41, 5.74) is 1.56. The molecule has 0 spiro atoms. The van der Waals surface area contributed by atoms with Gasteiger partial charge in [-0.2, -0.15) is 0 Å². The standard InChI is InChI=1S/C22H23N3O3S/c1-24(2)10-6-11-25-19(17-9-5-12-29-17)18(21(27)22(25)28)20(26)15-13-23-16-8-4-3-7-14(15)16/h3-5,7-9,12-13,19,23,26H,6,10-11H2,1-2H3/b20-18+/t19-/m0/s1. The van der Waals surface area contributed by atoms with Gasteiger partial charge in [0, 0.05) is 34.1 Å². The molecule has 0 bridgehead atoms. The fourth-order valence-corrected chi connectivity index (χ4v) is 4.67. The molecule has 4 rings (SSSR count). The van der Waals surface area contributed by atoms with Crippen molar-refractivity contribution < 1.29 is 14.7 Å². The molecule has 2 aromatic heterocycles. The highest BCUT2D eigenvalue weighted by molar-refractivity contribution is 7.10. The summed E-state index contributed by atoms with van der Waals surface area (Å²) in [6.45, 7) is 1.26. The zero-order valence-electron chi connectivity index (χ0n) is 16.4. The molecule has 3 heterocycles. The van der Waals surface area contributed by atoms with Crippen LogP contribution in [0.4, 0.5) is 0 Å². The SMILES string of the molecule is CN(C)CCCN1C(=O)C(=O)/C(=C(/O)c2c[nH]c3ccccc23)[C@@H]1c1cccs1. The van der Waals surface area contributed by atoms with E-state index >= 15 is 0 Å². The topological polar surface area (TPSA) is 76.6 Å². The lowest BCUT2D eigenvalue weighted by atomic mass is 9.99. The molecule has 0 radical (unpaired) electrons. The third-order valence-electron chi connectivity index (χ3n) is 5.20. The third kappa shape index (κ3) is 3.47. The van der Waals surface area contributed by atoms with E-state index in [0.29, 0.717) is 12.1 Å². The Hall–Kier alpha value is -2.90. The van der Waals surface area contributed by atoms with E-state index in [0.717, 1.165) is 28.7 Å². The van der Waals surface area contributed by atoms with Crippen molar-refractivity contribution in [3.8, 4) is 0 Å². The first-order chi connectivity index (χ1) is 14.0. The number of aromatic amines is 1. The Morgan fingerprint density at radius 3 is 2.72 bits per heavy atom. The maximum atomic E-state index is 13.0. The minimum absolute atomic E-state index is 0.130. The van der Waals surface area contributed by atoms with Gasteiger partial charge in [0.15, 0.2) is 0 Å². The lowest BCUT2D eigenvalue weighted by Crippen LogP contribution is -2.32. The van der Waals surface area contributed by atoms with Crippen LogP contribution in [0.15, 0.2) is 53.5 Å². The zero-order valence-corrected chi connectivity index (χ0v) is 17.2. The fraction of sp³-hybridized carbons (Fsp3) is 0.273. The molecule has 1 saturated heterocycles. The quantitative estimate of drug-likeness (QED) is 0.370. The van der Waals surface area contributed by atoms with E-state index in [-0.39, 0.29) is 11.3 Å². The monoisotopic (exact) mass is 409 g/mol. The molecule has 6 nitrogen and oxygen atoms in total. The number of hydrogen-bond acceptors (Lipinski definition) is 5. The van der Waals surface area contributed by atoms with Gasteiger partial charge in [-0.1, -0.05) is 24.3 Å². The number of hydrogen-bond donors (Lipinski definition) is 2. The van der Waals surface area contributed by atoms with Crippen molar-refractivity contribution in [3.63, 3.8) is 0 Å². The van der Waals surface area contributed by atoms with Crippen molar-refractivity contribution in [3.05, 3.63) is 64.0 Å². The number of carbonyl (C=O) groups excluding carboxylic acids is 2. The van der Waals surface area contributed by atoms with Crippen LogP contribution in [0.5, 0.6) is 0 Å². The lowest BCUT2D eigenvalue weighted by Gasteiger charge is -2.24. The number of amides is 1. The molecule has 7 heteroatoms. The summed E-state index contributed by atoms with van der Waals surface area (Å²) in [6, 6.07) is 10.8. The molecule has 1 aromatic carbocycles. The first kappa shape index (κ1) is 19.4. The Morgan fingerprint density at radius 2 is 2.00 bits per heavy atom. The number of ketones is 1. The second kappa shape index (κ2) is 7.85. The van der Waals surface area contributed by atoms with E-state index in [2.05, 4.69) is 4.98 Å². The largest absolute Gasteiger partial charge is 0.507 e. The number of H-pyrrole nitrogens is 1. The Labute approximate surface area is 173 Å². The predicted molar refractivity (Wildman–Crippen MR) is 115 cm³/mol. The summed E-state index contributed by atoms with van der Waals surface area (Å²) in [7, 11) is 3.95. The number of nitrogens with zero attached hydrogens (tertiary/aromatic N) is 2. The van der Waals surface area contributed by atoms with Crippen LogP contribution in [0.1, 0.15) is 22.9 Å². The van der Waals surface area contributed by atoms with Crippen LogP contribution < -0.4 is 0 Å². The highest BCUT2D eigenvalue weighted by Crippen LogP contribution is 2.41. The minimum Gasteiger partial charge on any atom is -0.507 e. The number of para-hydroxylation sites is 1. The van der Waals surface area contributed by atoms with Gasteiger partial charge in [0.05, 0.1) is 11.6 Å². The average Bonchev–Trinajstić information content (AvgIpc) is 3.42. The smallest absolute Gasteiger partial charge is 0.295 e. The van der Waals surface area contributed by atoms with Crippen LogP contribution in [0.2, 0.25) is 0 Å². The molecule has 150 valence electrons. The minimum atomic E-state index is -0.629. The van der Waals surface area contributed by atoms with Crippen LogP contribution in [-0.4, -0.2) is 58.8 Å². The van der Waals surface area contributed by atoms with Gasteiger partial charge in [0.1, 0.15) is 5.76 Å². The molecule has 1 amide bonds.